The van der Waals surface area contributed by atoms with Crippen LogP contribution in [0.25, 0.3) is 10.9 Å². The lowest BCUT2D eigenvalue weighted by atomic mass is 9.97. The van der Waals surface area contributed by atoms with Crippen LogP contribution in [-0.4, -0.2) is 25.5 Å². The number of aryl methyl sites for hydroxylation is 1. The topological polar surface area (TPSA) is 72.7 Å². The summed E-state index contributed by atoms with van der Waals surface area (Å²) in [6, 6.07) is 3.55. The second kappa shape index (κ2) is 7.06. The molecule has 3 rings (SSSR count). The molecule has 0 spiro atoms. The largest absolute Gasteiger partial charge is 0.353 e. The summed E-state index contributed by atoms with van der Waals surface area (Å²) in [5.41, 5.74) is 2.85. The molecule has 0 amide bonds. The van der Waals surface area contributed by atoms with Crippen molar-refractivity contribution in [2.75, 3.05) is 5.32 Å². The van der Waals surface area contributed by atoms with Gasteiger partial charge in [0.15, 0.2) is 5.78 Å². The maximum absolute atomic E-state index is 13.7. The van der Waals surface area contributed by atoms with Gasteiger partial charge in [-0.15, -0.1) is 0 Å². The molecule has 3 aromatic rings. The maximum Gasteiger partial charge on any atom is 0.180 e. The molecule has 0 saturated carbocycles. The van der Waals surface area contributed by atoms with Crippen LogP contribution in [0, 0.1) is 12.3 Å². The quantitative estimate of drug-likeness (QED) is 0.666. The van der Waals surface area contributed by atoms with Gasteiger partial charge in [0.2, 0.25) is 0 Å². The summed E-state index contributed by atoms with van der Waals surface area (Å²) in [6.45, 7) is 9.56. The van der Waals surface area contributed by atoms with Crippen LogP contribution in [-0.2, 0) is 13.2 Å². The highest BCUT2D eigenvalue weighted by Gasteiger charge is 2.20. The van der Waals surface area contributed by atoms with Crippen LogP contribution in [0.1, 0.15) is 49.6 Å². The molecule has 0 radical (unpaired) electrons. The van der Waals surface area contributed by atoms with E-state index in [1.54, 1.807) is 36.1 Å². The fourth-order valence-electron chi connectivity index (χ4n) is 2.93. The van der Waals surface area contributed by atoms with Gasteiger partial charge in [-0.1, -0.05) is 20.8 Å². The fourth-order valence-corrected chi connectivity index (χ4v) is 2.93. The maximum atomic E-state index is 13.7. The molecule has 1 aromatic carbocycles. The SMILES string of the molecule is CC(=O)c1nn(CC(C)(C)C)c2cc(CF)c(Nc3cnc(C)nc3)cc12. The molecule has 2 heterocycles. The molecule has 0 fully saturated rings. The van der Waals surface area contributed by atoms with Crippen LogP contribution in [0.4, 0.5) is 15.8 Å². The van der Waals surface area contributed by atoms with E-state index in [0.29, 0.717) is 40.4 Å². The average Bonchev–Trinajstić information content (AvgIpc) is 2.92. The summed E-state index contributed by atoms with van der Waals surface area (Å²) >= 11 is 0. The molecule has 0 bridgehead atoms. The predicted molar refractivity (Wildman–Crippen MR) is 104 cm³/mol. The van der Waals surface area contributed by atoms with Crippen molar-refractivity contribution in [3.05, 3.63) is 41.6 Å². The number of carbonyl (C=O) groups is 1. The Labute approximate surface area is 157 Å². The van der Waals surface area contributed by atoms with Gasteiger partial charge in [-0.25, -0.2) is 14.4 Å². The number of hydrogen-bond donors (Lipinski definition) is 1. The van der Waals surface area contributed by atoms with Crippen LogP contribution >= 0.6 is 0 Å². The molecule has 0 saturated heterocycles. The standard InChI is InChI=1S/C20H24FN5O/c1-12(27)19-16-7-17(24-15-9-22-13(2)23-10-15)14(8-21)6-18(16)26(25-19)11-20(3,4)5/h6-7,9-10,24H,8,11H2,1-5H3. The molecule has 1 N–H and O–H groups in total. The van der Waals surface area contributed by atoms with Crippen molar-refractivity contribution in [1.29, 1.82) is 0 Å². The van der Waals surface area contributed by atoms with Crippen LogP contribution < -0.4 is 5.32 Å². The first-order chi connectivity index (χ1) is 12.7. The fraction of sp³-hybridized carbons (Fsp3) is 0.400. The third-order valence-electron chi connectivity index (χ3n) is 4.14. The number of carbonyl (C=O) groups excluding carboxylic acids is 1. The first kappa shape index (κ1) is 18.9. The molecule has 6 nitrogen and oxygen atoms in total. The Balaban J connectivity index is 2.14. The zero-order valence-corrected chi connectivity index (χ0v) is 16.3. The van der Waals surface area contributed by atoms with Crippen molar-refractivity contribution >= 4 is 28.1 Å². The molecule has 27 heavy (non-hydrogen) atoms. The van der Waals surface area contributed by atoms with E-state index in [2.05, 4.69) is 41.2 Å². The van der Waals surface area contributed by atoms with E-state index in [-0.39, 0.29) is 11.2 Å². The first-order valence-electron chi connectivity index (χ1n) is 8.84. The number of anilines is 2. The van der Waals surface area contributed by atoms with E-state index in [0.717, 1.165) is 5.52 Å². The van der Waals surface area contributed by atoms with Gasteiger partial charge in [0.1, 0.15) is 18.2 Å². The minimum absolute atomic E-state index is 0.0287. The summed E-state index contributed by atoms with van der Waals surface area (Å²) < 4.78 is 15.5. The molecule has 0 aliphatic rings. The smallest absolute Gasteiger partial charge is 0.180 e. The second-order valence-electron chi connectivity index (χ2n) is 7.93. The van der Waals surface area contributed by atoms with Crippen LogP contribution in [0.3, 0.4) is 0 Å². The Hall–Kier alpha value is -2.83. The first-order valence-corrected chi connectivity index (χ1v) is 8.84. The number of ketones is 1. The van der Waals surface area contributed by atoms with Crippen molar-refractivity contribution in [2.24, 2.45) is 5.41 Å². The second-order valence-corrected chi connectivity index (χ2v) is 7.93. The van der Waals surface area contributed by atoms with E-state index in [4.69, 9.17) is 0 Å². The summed E-state index contributed by atoms with van der Waals surface area (Å²) in [5, 5.41) is 8.36. The predicted octanol–water partition coefficient (Wildman–Crippen LogP) is 4.60. The summed E-state index contributed by atoms with van der Waals surface area (Å²) in [4.78, 5) is 20.4. The molecule has 0 unspecified atom stereocenters. The molecular weight excluding hydrogens is 345 g/mol. The highest BCUT2D eigenvalue weighted by atomic mass is 19.1. The molecule has 0 aliphatic heterocycles. The van der Waals surface area contributed by atoms with E-state index >= 15 is 0 Å². The van der Waals surface area contributed by atoms with Gasteiger partial charge >= 0.3 is 0 Å². The molecule has 7 heteroatoms. The number of alkyl halides is 1. The highest BCUT2D eigenvalue weighted by Crippen LogP contribution is 2.31. The molecule has 0 atom stereocenters. The summed E-state index contributed by atoms with van der Waals surface area (Å²) in [5.74, 6) is 0.536. The van der Waals surface area contributed by atoms with Gasteiger partial charge in [-0.2, -0.15) is 5.10 Å². The number of Topliss-reactive ketones (excluding diaryl/α,β-unsaturated/α-hetero) is 1. The van der Waals surface area contributed by atoms with Crippen molar-refractivity contribution < 1.29 is 9.18 Å². The Morgan fingerprint density at radius 1 is 1.22 bits per heavy atom. The average molecular weight is 369 g/mol. The van der Waals surface area contributed by atoms with E-state index in [9.17, 15) is 9.18 Å². The van der Waals surface area contributed by atoms with Gasteiger partial charge in [0.05, 0.1) is 23.6 Å². The lowest BCUT2D eigenvalue weighted by Crippen LogP contribution is -2.16. The van der Waals surface area contributed by atoms with Crippen molar-refractivity contribution in [3.8, 4) is 0 Å². The Morgan fingerprint density at radius 2 is 1.89 bits per heavy atom. The minimum Gasteiger partial charge on any atom is -0.353 e. The van der Waals surface area contributed by atoms with Crippen molar-refractivity contribution in [2.45, 2.75) is 47.8 Å². The molecular formula is C20H24FN5O. The zero-order valence-electron chi connectivity index (χ0n) is 16.3. The summed E-state index contributed by atoms with van der Waals surface area (Å²) in [6.07, 6.45) is 3.28. The number of halogens is 1. The van der Waals surface area contributed by atoms with Crippen LogP contribution in [0.2, 0.25) is 0 Å². The van der Waals surface area contributed by atoms with E-state index in [1.807, 2.05) is 0 Å². The Morgan fingerprint density at radius 3 is 2.44 bits per heavy atom. The van der Waals surface area contributed by atoms with Gasteiger partial charge in [0.25, 0.3) is 0 Å². The minimum atomic E-state index is -0.638. The number of nitrogens with one attached hydrogen (secondary N) is 1. The molecule has 0 aliphatic carbocycles. The van der Waals surface area contributed by atoms with Crippen LogP contribution in [0.15, 0.2) is 24.5 Å². The van der Waals surface area contributed by atoms with Gasteiger partial charge < -0.3 is 5.32 Å². The number of nitrogens with zero attached hydrogens (tertiary/aromatic N) is 4. The van der Waals surface area contributed by atoms with Crippen molar-refractivity contribution in [3.63, 3.8) is 0 Å². The number of hydrogen-bond acceptors (Lipinski definition) is 5. The Bertz CT molecular complexity index is 986. The lowest BCUT2D eigenvalue weighted by molar-refractivity contribution is 0.101. The zero-order chi connectivity index (χ0) is 19.8. The van der Waals surface area contributed by atoms with Crippen LogP contribution in [0.5, 0.6) is 0 Å². The van der Waals surface area contributed by atoms with E-state index < -0.39 is 6.67 Å². The van der Waals surface area contributed by atoms with Crippen molar-refractivity contribution in [1.82, 2.24) is 19.7 Å². The van der Waals surface area contributed by atoms with Gasteiger partial charge in [-0.05, 0) is 24.5 Å². The number of rotatable bonds is 5. The number of benzene rings is 1. The van der Waals surface area contributed by atoms with Gasteiger partial charge in [0, 0.05) is 30.1 Å². The summed E-state index contributed by atoms with van der Waals surface area (Å²) in [7, 11) is 0. The Kier molecular flexibility index (Phi) is 4.95. The highest BCUT2D eigenvalue weighted by molar-refractivity contribution is 6.06. The molecule has 142 valence electrons. The lowest BCUT2D eigenvalue weighted by Gasteiger charge is -2.19. The van der Waals surface area contributed by atoms with E-state index in [1.165, 1.54) is 6.92 Å². The normalized spacial score (nSPS) is 11.8. The number of fused-ring (bicyclic) bond motifs is 1. The molecule has 2 aromatic heterocycles. The van der Waals surface area contributed by atoms with Gasteiger partial charge in [-0.3, -0.25) is 9.48 Å². The number of aromatic nitrogens is 4. The monoisotopic (exact) mass is 369 g/mol. The third-order valence-corrected chi connectivity index (χ3v) is 4.14. The third kappa shape index (κ3) is 4.13.